The normalized spacial score (nSPS) is 12.3. The van der Waals surface area contributed by atoms with Crippen molar-refractivity contribution in [1.29, 1.82) is 0 Å². The van der Waals surface area contributed by atoms with Gasteiger partial charge in [-0.15, -0.1) is 11.3 Å². The molecule has 0 amide bonds. The van der Waals surface area contributed by atoms with Crippen LogP contribution in [0.25, 0.3) is 11.1 Å². The monoisotopic (exact) mass is 426 g/mol. The Balaban J connectivity index is 2.25. The Morgan fingerprint density at radius 3 is 2.33 bits per heavy atom. The van der Waals surface area contributed by atoms with Gasteiger partial charge < -0.3 is 5.73 Å². The summed E-state index contributed by atoms with van der Waals surface area (Å²) in [6.45, 7) is 0.0953. The SMILES string of the molecule is CS(=O)(=O)c1cc(-c2cccc(F)c2)cc(S(=O)(=O)c2cnc(CN)s2)c1. The Hall–Kier alpha value is -2.14. The smallest absolute Gasteiger partial charge is 0.217 e. The van der Waals surface area contributed by atoms with E-state index in [1.807, 2.05) is 0 Å². The van der Waals surface area contributed by atoms with E-state index in [0.29, 0.717) is 10.6 Å². The molecule has 0 saturated carbocycles. The number of sulfone groups is 2. The number of thiazole rings is 1. The van der Waals surface area contributed by atoms with Crippen LogP contribution >= 0.6 is 11.3 Å². The summed E-state index contributed by atoms with van der Waals surface area (Å²) in [5.41, 5.74) is 6.12. The molecule has 0 bridgehead atoms. The van der Waals surface area contributed by atoms with E-state index < -0.39 is 25.5 Å². The van der Waals surface area contributed by atoms with Crippen LogP contribution in [0, 0.1) is 5.82 Å². The summed E-state index contributed by atoms with van der Waals surface area (Å²) >= 11 is 0.919. The molecule has 3 aromatic rings. The molecule has 142 valence electrons. The van der Waals surface area contributed by atoms with E-state index >= 15 is 0 Å². The van der Waals surface area contributed by atoms with Crippen LogP contribution < -0.4 is 5.73 Å². The summed E-state index contributed by atoms with van der Waals surface area (Å²) in [6, 6.07) is 9.21. The van der Waals surface area contributed by atoms with E-state index in [-0.39, 0.29) is 26.1 Å². The van der Waals surface area contributed by atoms with Crippen molar-refractivity contribution in [2.75, 3.05) is 6.26 Å². The number of halogens is 1. The molecule has 10 heteroatoms. The Kier molecular flexibility index (Phi) is 5.17. The fraction of sp³-hybridized carbons (Fsp3) is 0.118. The third-order valence-electron chi connectivity index (χ3n) is 3.75. The van der Waals surface area contributed by atoms with Crippen LogP contribution in [-0.4, -0.2) is 28.1 Å². The first kappa shape index (κ1) is 19.6. The lowest BCUT2D eigenvalue weighted by atomic mass is 10.1. The maximum atomic E-state index is 13.6. The molecule has 3 rings (SSSR count). The maximum absolute atomic E-state index is 13.6. The first-order valence-corrected chi connectivity index (χ1v) is 11.8. The predicted molar refractivity (Wildman–Crippen MR) is 100 cm³/mol. The molecule has 0 aliphatic rings. The summed E-state index contributed by atoms with van der Waals surface area (Å²) in [7, 11) is -7.71. The minimum atomic E-state index is -4.01. The van der Waals surface area contributed by atoms with Crippen molar-refractivity contribution in [1.82, 2.24) is 4.98 Å². The van der Waals surface area contributed by atoms with Crippen molar-refractivity contribution in [3.05, 3.63) is 59.5 Å². The van der Waals surface area contributed by atoms with Crippen molar-refractivity contribution >= 4 is 31.0 Å². The van der Waals surface area contributed by atoms with Crippen molar-refractivity contribution < 1.29 is 21.2 Å². The number of benzene rings is 2. The first-order valence-electron chi connectivity index (χ1n) is 7.62. The van der Waals surface area contributed by atoms with Crippen molar-refractivity contribution in [2.45, 2.75) is 20.5 Å². The largest absolute Gasteiger partial charge is 0.325 e. The van der Waals surface area contributed by atoms with Gasteiger partial charge in [0.2, 0.25) is 9.84 Å². The molecule has 1 heterocycles. The molecule has 27 heavy (non-hydrogen) atoms. The number of nitrogens with two attached hydrogens (primary N) is 1. The minimum absolute atomic E-state index is 0.0428. The van der Waals surface area contributed by atoms with Gasteiger partial charge in [0.05, 0.1) is 16.0 Å². The van der Waals surface area contributed by atoms with Crippen LogP contribution in [0.5, 0.6) is 0 Å². The molecule has 1 aromatic heterocycles. The molecular formula is C17H15FN2O4S3. The van der Waals surface area contributed by atoms with E-state index in [9.17, 15) is 21.2 Å². The highest BCUT2D eigenvalue weighted by Gasteiger charge is 2.24. The standard InChI is InChI=1S/C17H15FN2O4S3/c1-26(21,22)14-6-12(11-3-2-4-13(18)5-11)7-15(8-14)27(23,24)17-10-20-16(9-19)25-17/h2-8,10H,9,19H2,1H3. The highest BCUT2D eigenvalue weighted by molar-refractivity contribution is 7.93. The second-order valence-electron chi connectivity index (χ2n) is 5.76. The lowest BCUT2D eigenvalue weighted by molar-refractivity contribution is 0.597. The van der Waals surface area contributed by atoms with E-state index in [4.69, 9.17) is 5.73 Å². The van der Waals surface area contributed by atoms with Crippen molar-refractivity contribution in [3.63, 3.8) is 0 Å². The zero-order chi connectivity index (χ0) is 19.8. The van der Waals surface area contributed by atoms with Gasteiger partial charge in [-0.3, -0.25) is 0 Å². The van der Waals surface area contributed by atoms with Gasteiger partial charge in [0.25, 0.3) is 0 Å². The molecule has 2 aromatic carbocycles. The summed E-state index contributed by atoms with van der Waals surface area (Å²) in [5.74, 6) is -0.517. The quantitative estimate of drug-likeness (QED) is 0.672. The molecule has 0 aliphatic heterocycles. The van der Waals surface area contributed by atoms with E-state index in [1.165, 1.54) is 36.5 Å². The average molecular weight is 427 g/mol. The molecule has 0 atom stereocenters. The molecule has 0 unspecified atom stereocenters. The van der Waals surface area contributed by atoms with Gasteiger partial charge in [0, 0.05) is 12.8 Å². The molecule has 0 spiro atoms. The summed E-state index contributed by atoms with van der Waals surface area (Å²) < 4.78 is 63.5. The Morgan fingerprint density at radius 1 is 1.04 bits per heavy atom. The Morgan fingerprint density at radius 2 is 1.74 bits per heavy atom. The fourth-order valence-corrected chi connectivity index (χ4v) is 5.69. The summed E-state index contributed by atoms with van der Waals surface area (Å²) in [4.78, 5) is 3.55. The fourth-order valence-electron chi connectivity index (χ4n) is 2.40. The minimum Gasteiger partial charge on any atom is -0.325 e. The van der Waals surface area contributed by atoms with Crippen LogP contribution in [0.15, 0.2) is 62.7 Å². The molecule has 0 saturated heterocycles. The van der Waals surface area contributed by atoms with Crippen LogP contribution in [-0.2, 0) is 26.2 Å². The second kappa shape index (κ2) is 7.12. The molecular weight excluding hydrogens is 411 g/mol. The van der Waals surface area contributed by atoms with E-state index in [2.05, 4.69) is 4.98 Å². The maximum Gasteiger partial charge on any atom is 0.217 e. The van der Waals surface area contributed by atoms with Crippen LogP contribution in [0.4, 0.5) is 4.39 Å². The zero-order valence-electron chi connectivity index (χ0n) is 14.1. The van der Waals surface area contributed by atoms with Crippen LogP contribution in [0.2, 0.25) is 0 Å². The van der Waals surface area contributed by atoms with Crippen LogP contribution in [0.1, 0.15) is 5.01 Å². The van der Waals surface area contributed by atoms with Gasteiger partial charge in [0.1, 0.15) is 15.0 Å². The van der Waals surface area contributed by atoms with Gasteiger partial charge in [-0.2, -0.15) is 0 Å². The number of hydrogen-bond donors (Lipinski definition) is 1. The molecule has 6 nitrogen and oxygen atoms in total. The predicted octanol–water partition coefficient (Wildman–Crippen LogP) is 2.64. The highest BCUT2D eigenvalue weighted by Crippen LogP contribution is 2.32. The lowest BCUT2D eigenvalue weighted by Crippen LogP contribution is -2.04. The molecule has 0 aliphatic carbocycles. The van der Waals surface area contributed by atoms with Gasteiger partial charge in [0.15, 0.2) is 9.84 Å². The number of aromatic nitrogens is 1. The zero-order valence-corrected chi connectivity index (χ0v) is 16.5. The Bertz CT molecular complexity index is 1220. The summed E-state index contributed by atoms with van der Waals surface area (Å²) in [6.07, 6.45) is 2.17. The van der Waals surface area contributed by atoms with E-state index in [1.54, 1.807) is 6.07 Å². The number of hydrogen-bond acceptors (Lipinski definition) is 7. The van der Waals surface area contributed by atoms with Gasteiger partial charge in [-0.25, -0.2) is 26.2 Å². The third kappa shape index (κ3) is 4.08. The molecule has 0 radical (unpaired) electrons. The Labute approximate surface area is 160 Å². The number of rotatable bonds is 5. The number of nitrogens with zero attached hydrogens (tertiary/aromatic N) is 1. The third-order valence-corrected chi connectivity index (χ3v) is 8.05. The average Bonchev–Trinajstić information content (AvgIpc) is 3.10. The van der Waals surface area contributed by atoms with Crippen LogP contribution in [0.3, 0.4) is 0 Å². The lowest BCUT2D eigenvalue weighted by Gasteiger charge is -2.09. The van der Waals surface area contributed by atoms with Gasteiger partial charge in [-0.05, 0) is 41.5 Å². The van der Waals surface area contributed by atoms with Crippen molar-refractivity contribution in [3.8, 4) is 11.1 Å². The van der Waals surface area contributed by atoms with E-state index in [0.717, 1.165) is 23.7 Å². The topological polar surface area (TPSA) is 107 Å². The molecule has 0 fully saturated rings. The van der Waals surface area contributed by atoms with Gasteiger partial charge >= 0.3 is 0 Å². The highest BCUT2D eigenvalue weighted by atomic mass is 32.2. The summed E-state index contributed by atoms with van der Waals surface area (Å²) in [5, 5.41) is 0.443. The van der Waals surface area contributed by atoms with Gasteiger partial charge in [-0.1, -0.05) is 12.1 Å². The first-order chi connectivity index (χ1) is 12.6. The molecule has 2 N–H and O–H groups in total. The van der Waals surface area contributed by atoms with Crippen molar-refractivity contribution in [2.24, 2.45) is 5.73 Å². The second-order valence-corrected chi connectivity index (χ2v) is 11.1.